The summed E-state index contributed by atoms with van der Waals surface area (Å²) in [6.07, 6.45) is 8.88. The summed E-state index contributed by atoms with van der Waals surface area (Å²) >= 11 is 0. The third-order valence-corrected chi connectivity index (χ3v) is 5.02. The summed E-state index contributed by atoms with van der Waals surface area (Å²) in [5.74, 6) is 1.16. The van der Waals surface area contributed by atoms with Crippen LogP contribution in [0.5, 0.6) is 0 Å². The zero-order valence-corrected chi connectivity index (χ0v) is 17.0. The maximum atomic E-state index is 12.6. The van der Waals surface area contributed by atoms with Gasteiger partial charge in [0.1, 0.15) is 11.6 Å². The first-order chi connectivity index (χ1) is 15.1. The van der Waals surface area contributed by atoms with Gasteiger partial charge in [-0.25, -0.2) is 15.0 Å². The van der Waals surface area contributed by atoms with Gasteiger partial charge in [0.15, 0.2) is 0 Å². The minimum atomic E-state index is -0.203. The molecule has 4 heterocycles. The summed E-state index contributed by atoms with van der Waals surface area (Å²) in [5.41, 5.74) is 4.18. The number of nitrogens with one attached hydrogen (secondary N) is 2. The molecule has 0 fully saturated rings. The summed E-state index contributed by atoms with van der Waals surface area (Å²) in [5, 5.41) is 8.79. The Balaban J connectivity index is 1.56. The average molecular weight is 409 g/mol. The molecular weight excluding hydrogens is 390 g/mol. The highest BCUT2D eigenvalue weighted by molar-refractivity contribution is 5.95. The third kappa shape index (κ3) is 3.66. The van der Waals surface area contributed by atoms with Gasteiger partial charge in [-0.05, 0) is 42.1 Å². The van der Waals surface area contributed by atoms with Crippen LogP contribution in [0.2, 0.25) is 0 Å². The van der Waals surface area contributed by atoms with Crippen LogP contribution in [0.1, 0.15) is 5.82 Å². The van der Waals surface area contributed by atoms with Gasteiger partial charge < -0.3 is 10.3 Å². The molecule has 0 unspecified atom stereocenters. The smallest absolute Gasteiger partial charge is 0.259 e. The Morgan fingerprint density at radius 2 is 1.74 bits per heavy atom. The van der Waals surface area contributed by atoms with E-state index in [-0.39, 0.29) is 5.56 Å². The molecule has 0 saturated heterocycles. The molecule has 0 aliphatic carbocycles. The van der Waals surface area contributed by atoms with E-state index in [1.165, 1.54) is 0 Å². The Hall–Kier alpha value is -4.33. The Morgan fingerprint density at radius 1 is 0.968 bits per heavy atom. The minimum Gasteiger partial charge on any atom is -0.340 e. The van der Waals surface area contributed by atoms with E-state index in [1.807, 2.05) is 62.8 Å². The van der Waals surface area contributed by atoms with E-state index in [0.717, 1.165) is 27.8 Å². The molecule has 8 heteroatoms. The molecule has 0 radical (unpaired) electrons. The van der Waals surface area contributed by atoms with E-state index in [2.05, 4.69) is 25.4 Å². The first-order valence-electron chi connectivity index (χ1n) is 9.74. The largest absolute Gasteiger partial charge is 0.340 e. The molecule has 1 aromatic carbocycles. The van der Waals surface area contributed by atoms with Crippen LogP contribution in [-0.4, -0.2) is 29.7 Å². The predicted octanol–water partition coefficient (Wildman–Crippen LogP) is 3.83. The van der Waals surface area contributed by atoms with Crippen molar-refractivity contribution in [3.05, 3.63) is 83.6 Å². The van der Waals surface area contributed by atoms with Gasteiger partial charge in [-0.1, -0.05) is 12.1 Å². The Labute approximate surface area is 177 Å². The normalized spacial score (nSPS) is 11.0. The molecule has 0 atom stereocenters. The number of H-pyrrole nitrogens is 1. The van der Waals surface area contributed by atoms with E-state index in [4.69, 9.17) is 4.98 Å². The average Bonchev–Trinajstić information content (AvgIpc) is 3.21. The molecule has 0 bridgehead atoms. The molecule has 152 valence electrons. The number of aryl methyl sites for hydroxylation is 2. The summed E-state index contributed by atoms with van der Waals surface area (Å²) in [7, 11) is 1.89. The minimum absolute atomic E-state index is 0.203. The highest BCUT2D eigenvalue weighted by atomic mass is 16.1. The van der Waals surface area contributed by atoms with E-state index < -0.39 is 0 Å². The van der Waals surface area contributed by atoms with Crippen molar-refractivity contribution in [1.82, 2.24) is 29.7 Å². The zero-order chi connectivity index (χ0) is 21.4. The number of anilines is 2. The Bertz CT molecular complexity index is 1430. The predicted molar refractivity (Wildman–Crippen MR) is 120 cm³/mol. The third-order valence-electron chi connectivity index (χ3n) is 5.02. The van der Waals surface area contributed by atoms with Gasteiger partial charge in [0.25, 0.3) is 5.56 Å². The van der Waals surface area contributed by atoms with Gasteiger partial charge in [-0.15, -0.1) is 0 Å². The monoisotopic (exact) mass is 409 g/mol. The summed E-state index contributed by atoms with van der Waals surface area (Å²) < 4.78 is 1.77. The van der Waals surface area contributed by atoms with Gasteiger partial charge in [0.2, 0.25) is 0 Å². The van der Waals surface area contributed by atoms with Crippen molar-refractivity contribution in [2.24, 2.45) is 7.05 Å². The van der Waals surface area contributed by atoms with Crippen molar-refractivity contribution >= 4 is 22.3 Å². The first kappa shape index (κ1) is 18.7. The van der Waals surface area contributed by atoms with E-state index in [0.29, 0.717) is 22.7 Å². The van der Waals surface area contributed by atoms with Gasteiger partial charge in [-0.2, -0.15) is 5.10 Å². The second kappa shape index (κ2) is 7.49. The van der Waals surface area contributed by atoms with Crippen LogP contribution in [0.4, 0.5) is 11.5 Å². The van der Waals surface area contributed by atoms with Crippen LogP contribution in [0.3, 0.4) is 0 Å². The summed E-state index contributed by atoms with van der Waals surface area (Å²) in [6, 6.07) is 11.6. The van der Waals surface area contributed by atoms with Gasteiger partial charge in [0, 0.05) is 48.6 Å². The second-order valence-corrected chi connectivity index (χ2v) is 7.25. The molecule has 0 aliphatic rings. The van der Waals surface area contributed by atoms with Crippen LogP contribution in [0, 0.1) is 6.92 Å². The second-order valence-electron chi connectivity index (χ2n) is 7.25. The summed E-state index contributed by atoms with van der Waals surface area (Å²) in [4.78, 5) is 28.5. The van der Waals surface area contributed by atoms with Crippen molar-refractivity contribution in [1.29, 1.82) is 0 Å². The van der Waals surface area contributed by atoms with Crippen molar-refractivity contribution in [2.75, 3.05) is 5.32 Å². The maximum absolute atomic E-state index is 12.6. The molecule has 0 spiro atoms. The molecule has 5 rings (SSSR count). The number of nitrogens with zero attached hydrogens (tertiary/aromatic N) is 5. The fourth-order valence-corrected chi connectivity index (χ4v) is 3.43. The fraction of sp³-hybridized carbons (Fsp3) is 0.0870. The zero-order valence-electron chi connectivity index (χ0n) is 17.0. The van der Waals surface area contributed by atoms with E-state index in [1.54, 1.807) is 23.3 Å². The van der Waals surface area contributed by atoms with Crippen LogP contribution >= 0.6 is 0 Å². The highest BCUT2D eigenvalue weighted by Crippen LogP contribution is 2.28. The molecule has 5 aromatic rings. The molecule has 8 nitrogen and oxygen atoms in total. The van der Waals surface area contributed by atoms with E-state index in [9.17, 15) is 4.79 Å². The molecule has 0 amide bonds. The number of aromatic amines is 1. The SMILES string of the molecule is Cc1ncc(-c2cc3cc[nH]c(=O)c3c(Nc3ccc(-c4cnn(C)c4)cc3)n2)cn1. The number of benzene rings is 1. The lowest BCUT2D eigenvalue weighted by molar-refractivity contribution is 0.768. The topological polar surface area (TPSA) is 101 Å². The van der Waals surface area contributed by atoms with Crippen LogP contribution in [-0.2, 0) is 7.05 Å². The van der Waals surface area contributed by atoms with Crippen molar-refractivity contribution in [2.45, 2.75) is 6.92 Å². The maximum Gasteiger partial charge on any atom is 0.259 e. The summed E-state index contributed by atoms with van der Waals surface area (Å²) in [6.45, 7) is 1.83. The van der Waals surface area contributed by atoms with Crippen molar-refractivity contribution in [3.63, 3.8) is 0 Å². The number of fused-ring (bicyclic) bond motifs is 1. The molecule has 2 N–H and O–H groups in total. The van der Waals surface area contributed by atoms with E-state index >= 15 is 0 Å². The Kier molecular flexibility index (Phi) is 4.51. The van der Waals surface area contributed by atoms with Crippen LogP contribution in [0.25, 0.3) is 33.2 Å². The van der Waals surface area contributed by atoms with Crippen molar-refractivity contribution < 1.29 is 0 Å². The highest BCUT2D eigenvalue weighted by Gasteiger charge is 2.12. The lowest BCUT2D eigenvalue weighted by atomic mass is 10.1. The molecular formula is C23H19N7O. The molecule has 31 heavy (non-hydrogen) atoms. The number of hydrogen-bond donors (Lipinski definition) is 2. The molecule has 4 aromatic heterocycles. The van der Waals surface area contributed by atoms with Gasteiger partial charge in [0.05, 0.1) is 17.3 Å². The lowest BCUT2D eigenvalue weighted by Crippen LogP contribution is -2.09. The molecule has 0 saturated carbocycles. The van der Waals surface area contributed by atoms with Gasteiger partial charge in [-0.3, -0.25) is 9.48 Å². The number of hydrogen-bond acceptors (Lipinski definition) is 6. The lowest BCUT2D eigenvalue weighted by Gasteiger charge is -2.11. The number of aromatic nitrogens is 6. The number of rotatable bonds is 4. The number of pyridine rings is 2. The van der Waals surface area contributed by atoms with Crippen LogP contribution < -0.4 is 10.9 Å². The first-order valence-corrected chi connectivity index (χ1v) is 9.74. The Morgan fingerprint density at radius 3 is 2.45 bits per heavy atom. The molecule has 0 aliphatic heterocycles. The quantitative estimate of drug-likeness (QED) is 0.468. The van der Waals surface area contributed by atoms with Crippen molar-refractivity contribution in [3.8, 4) is 22.4 Å². The van der Waals surface area contributed by atoms with Crippen LogP contribution in [0.15, 0.2) is 72.2 Å². The van der Waals surface area contributed by atoms with Gasteiger partial charge >= 0.3 is 0 Å². The fourth-order valence-electron chi connectivity index (χ4n) is 3.43. The standard InChI is InChI=1S/C23H19N7O/c1-14-25-10-17(11-26-14)20-9-16-7-8-24-23(31)21(16)22(29-20)28-19-5-3-15(4-6-19)18-12-27-30(2)13-18/h3-13H,1-2H3,(H,24,31)(H,28,29).